The van der Waals surface area contributed by atoms with Gasteiger partial charge in [-0.3, -0.25) is 4.79 Å². The van der Waals surface area contributed by atoms with Crippen LogP contribution in [0.2, 0.25) is 0 Å². The maximum Gasteiger partial charge on any atom is 0.307 e. The topological polar surface area (TPSA) is 26.3 Å². The first-order chi connectivity index (χ1) is 7.16. The summed E-state index contributed by atoms with van der Waals surface area (Å²) in [7, 11) is 0. The van der Waals surface area contributed by atoms with Crippen LogP contribution in [0.15, 0.2) is 34.3 Å². The highest BCUT2D eigenvalue weighted by molar-refractivity contribution is 8.02. The molecule has 78 valence electrons. The van der Waals surface area contributed by atoms with Gasteiger partial charge in [-0.15, -0.1) is 0 Å². The molecular formula is C12H12O2S. The van der Waals surface area contributed by atoms with Crippen molar-refractivity contribution in [2.45, 2.75) is 25.2 Å². The Bertz CT molecular complexity index is 435. The second-order valence-electron chi connectivity index (χ2n) is 3.54. The summed E-state index contributed by atoms with van der Waals surface area (Å²) in [4.78, 5) is 12.1. The fourth-order valence-corrected chi connectivity index (χ4v) is 2.55. The number of rotatable bonds is 1. The van der Waals surface area contributed by atoms with Crippen molar-refractivity contribution >= 4 is 17.7 Å². The van der Waals surface area contributed by atoms with Crippen molar-refractivity contribution in [2.75, 3.05) is 0 Å². The van der Waals surface area contributed by atoms with Crippen LogP contribution in [0.5, 0.6) is 0 Å². The van der Waals surface area contributed by atoms with Gasteiger partial charge in [-0.2, -0.15) is 0 Å². The molecule has 2 rings (SSSR count). The van der Waals surface area contributed by atoms with Crippen molar-refractivity contribution in [3.05, 3.63) is 40.5 Å². The van der Waals surface area contributed by atoms with Crippen molar-refractivity contribution in [3.63, 3.8) is 0 Å². The standard InChI is InChI=1S/C12H12O2S/c1-8-4-3-5-10-6-11(14-9(2)13)7-15-12(8)10/h3-5,7H,6H2,1-2H3. The number of ether oxygens (including phenoxy) is 1. The molecule has 0 radical (unpaired) electrons. The molecule has 0 saturated heterocycles. The van der Waals surface area contributed by atoms with Crippen molar-refractivity contribution in [2.24, 2.45) is 0 Å². The van der Waals surface area contributed by atoms with Crippen molar-refractivity contribution in [1.82, 2.24) is 0 Å². The van der Waals surface area contributed by atoms with E-state index in [1.807, 2.05) is 11.5 Å². The number of thioether (sulfide) groups is 1. The number of hydrogen-bond acceptors (Lipinski definition) is 3. The number of allylic oxidation sites excluding steroid dienone is 1. The van der Waals surface area contributed by atoms with Crippen LogP contribution >= 0.6 is 11.8 Å². The Morgan fingerprint density at radius 2 is 2.27 bits per heavy atom. The third-order valence-electron chi connectivity index (χ3n) is 2.24. The molecule has 1 heterocycles. The van der Waals surface area contributed by atoms with Crippen LogP contribution in [0, 0.1) is 6.92 Å². The first-order valence-electron chi connectivity index (χ1n) is 4.79. The van der Waals surface area contributed by atoms with Gasteiger partial charge in [0.05, 0.1) is 0 Å². The van der Waals surface area contributed by atoms with E-state index in [2.05, 4.69) is 19.1 Å². The van der Waals surface area contributed by atoms with Crippen LogP contribution in [0.3, 0.4) is 0 Å². The zero-order valence-electron chi connectivity index (χ0n) is 8.74. The largest absolute Gasteiger partial charge is 0.430 e. The molecular weight excluding hydrogens is 208 g/mol. The van der Waals surface area contributed by atoms with Gasteiger partial charge in [0, 0.05) is 23.6 Å². The van der Waals surface area contributed by atoms with Gasteiger partial charge in [0.2, 0.25) is 0 Å². The summed E-state index contributed by atoms with van der Waals surface area (Å²) in [5, 5.41) is 1.91. The molecule has 15 heavy (non-hydrogen) atoms. The second-order valence-corrected chi connectivity index (χ2v) is 4.42. The van der Waals surface area contributed by atoms with E-state index in [4.69, 9.17) is 4.74 Å². The highest BCUT2D eigenvalue weighted by Gasteiger charge is 2.15. The summed E-state index contributed by atoms with van der Waals surface area (Å²) in [6.45, 7) is 3.52. The average Bonchev–Trinajstić information content (AvgIpc) is 2.17. The van der Waals surface area contributed by atoms with Crippen molar-refractivity contribution in [3.8, 4) is 0 Å². The second kappa shape index (κ2) is 4.11. The molecule has 1 aromatic rings. The Labute approximate surface area is 93.3 Å². The molecule has 1 aromatic carbocycles. The van der Waals surface area contributed by atoms with Gasteiger partial charge < -0.3 is 4.74 Å². The number of carbonyl (C=O) groups excluding carboxylic acids is 1. The molecule has 0 bridgehead atoms. The summed E-state index contributed by atoms with van der Waals surface area (Å²) in [5.41, 5.74) is 2.51. The van der Waals surface area contributed by atoms with Gasteiger partial charge in [-0.25, -0.2) is 0 Å². The maximum atomic E-state index is 10.8. The van der Waals surface area contributed by atoms with Crippen LogP contribution < -0.4 is 0 Å². The molecule has 0 aromatic heterocycles. The van der Waals surface area contributed by atoms with Gasteiger partial charge in [0.15, 0.2) is 0 Å². The smallest absolute Gasteiger partial charge is 0.307 e. The maximum absolute atomic E-state index is 10.8. The molecule has 0 amide bonds. The van der Waals surface area contributed by atoms with E-state index in [1.54, 1.807) is 11.8 Å². The lowest BCUT2D eigenvalue weighted by molar-refractivity contribution is -0.136. The fourth-order valence-electron chi connectivity index (χ4n) is 1.62. The number of esters is 1. The number of fused-ring (bicyclic) bond motifs is 1. The van der Waals surface area contributed by atoms with E-state index in [0.717, 1.165) is 5.76 Å². The highest BCUT2D eigenvalue weighted by atomic mass is 32.2. The summed E-state index contributed by atoms with van der Waals surface area (Å²) in [5.74, 6) is 0.489. The van der Waals surface area contributed by atoms with Gasteiger partial charge in [-0.05, 0) is 18.1 Å². The highest BCUT2D eigenvalue weighted by Crippen LogP contribution is 2.34. The molecule has 2 nitrogen and oxygen atoms in total. The molecule has 0 aliphatic carbocycles. The van der Waals surface area contributed by atoms with E-state index in [-0.39, 0.29) is 5.97 Å². The normalized spacial score (nSPS) is 14.1. The van der Waals surface area contributed by atoms with Crippen LogP contribution in [-0.4, -0.2) is 5.97 Å². The molecule has 0 atom stereocenters. The van der Waals surface area contributed by atoms with Gasteiger partial charge >= 0.3 is 5.97 Å². The minimum absolute atomic E-state index is 0.252. The minimum Gasteiger partial charge on any atom is -0.430 e. The van der Waals surface area contributed by atoms with Crippen LogP contribution in [0.1, 0.15) is 18.1 Å². The van der Waals surface area contributed by atoms with E-state index in [9.17, 15) is 4.79 Å². The molecule has 0 N–H and O–H groups in total. The summed E-state index contributed by atoms with van der Waals surface area (Å²) in [6.07, 6.45) is 0.712. The summed E-state index contributed by atoms with van der Waals surface area (Å²) < 4.78 is 5.09. The van der Waals surface area contributed by atoms with E-state index in [1.165, 1.54) is 22.9 Å². The number of carbonyl (C=O) groups is 1. The Hall–Kier alpha value is -1.22. The van der Waals surface area contributed by atoms with Gasteiger partial charge in [-0.1, -0.05) is 30.0 Å². The monoisotopic (exact) mass is 220 g/mol. The minimum atomic E-state index is -0.252. The zero-order chi connectivity index (χ0) is 10.8. The van der Waals surface area contributed by atoms with E-state index >= 15 is 0 Å². The molecule has 0 unspecified atom stereocenters. The third-order valence-corrected chi connectivity index (χ3v) is 3.44. The lowest BCUT2D eigenvalue weighted by Gasteiger charge is -2.17. The number of hydrogen-bond donors (Lipinski definition) is 0. The van der Waals surface area contributed by atoms with Crippen LogP contribution in [-0.2, 0) is 16.0 Å². The predicted octanol–water partition coefficient (Wildman–Crippen LogP) is 3.05. The summed E-state index contributed by atoms with van der Waals surface area (Å²) in [6, 6.07) is 6.20. The zero-order valence-corrected chi connectivity index (χ0v) is 9.56. The third kappa shape index (κ3) is 2.23. The molecule has 3 heteroatoms. The molecule has 1 aliphatic heterocycles. The summed E-state index contributed by atoms with van der Waals surface area (Å²) >= 11 is 1.63. The number of aryl methyl sites for hydroxylation is 1. The lowest BCUT2D eigenvalue weighted by Crippen LogP contribution is -2.05. The predicted molar refractivity (Wildman–Crippen MR) is 60.6 cm³/mol. The van der Waals surface area contributed by atoms with E-state index < -0.39 is 0 Å². The Morgan fingerprint density at radius 3 is 3.00 bits per heavy atom. The first kappa shape index (κ1) is 10.3. The Balaban J connectivity index is 2.23. The van der Waals surface area contributed by atoms with Crippen LogP contribution in [0.4, 0.5) is 0 Å². The molecule has 0 saturated carbocycles. The van der Waals surface area contributed by atoms with Crippen molar-refractivity contribution < 1.29 is 9.53 Å². The fraction of sp³-hybridized carbons (Fsp3) is 0.250. The molecule has 1 aliphatic rings. The van der Waals surface area contributed by atoms with Crippen molar-refractivity contribution in [1.29, 1.82) is 0 Å². The first-order valence-corrected chi connectivity index (χ1v) is 5.67. The molecule has 0 spiro atoms. The lowest BCUT2D eigenvalue weighted by atomic mass is 10.1. The molecule has 0 fully saturated rings. The Kier molecular flexibility index (Phi) is 2.82. The average molecular weight is 220 g/mol. The SMILES string of the molecule is CC(=O)OC1=CSc2c(C)cccc2C1. The van der Waals surface area contributed by atoms with Crippen LogP contribution in [0.25, 0.3) is 0 Å². The Morgan fingerprint density at radius 1 is 1.47 bits per heavy atom. The van der Waals surface area contributed by atoms with Gasteiger partial charge in [0.1, 0.15) is 5.76 Å². The van der Waals surface area contributed by atoms with E-state index in [0.29, 0.717) is 6.42 Å². The van der Waals surface area contributed by atoms with Gasteiger partial charge in [0.25, 0.3) is 0 Å². The quantitative estimate of drug-likeness (QED) is 0.680. The number of benzene rings is 1.